The number of aryl methyl sites for hydroxylation is 2. The van der Waals surface area contributed by atoms with Gasteiger partial charge >= 0.3 is 0 Å². The van der Waals surface area contributed by atoms with E-state index in [-0.39, 0.29) is 12.5 Å². The topological polar surface area (TPSA) is 72.7 Å². The number of tetrazole rings is 1. The molecule has 26 heavy (non-hydrogen) atoms. The van der Waals surface area contributed by atoms with E-state index >= 15 is 0 Å². The third-order valence-electron chi connectivity index (χ3n) is 3.84. The van der Waals surface area contributed by atoms with Crippen LogP contribution in [-0.2, 0) is 11.3 Å². The van der Waals surface area contributed by atoms with Gasteiger partial charge < -0.3 is 5.32 Å². The predicted octanol–water partition coefficient (Wildman–Crippen LogP) is 2.87. The highest BCUT2D eigenvalue weighted by Crippen LogP contribution is 2.18. The van der Waals surface area contributed by atoms with E-state index in [9.17, 15) is 4.79 Å². The molecule has 1 heterocycles. The summed E-state index contributed by atoms with van der Waals surface area (Å²) in [4.78, 5) is 14.6. The number of benzene rings is 2. The van der Waals surface area contributed by atoms with Crippen molar-refractivity contribution in [1.82, 2.24) is 25.5 Å². The van der Waals surface area contributed by atoms with Crippen molar-refractivity contribution in [2.45, 2.75) is 25.3 Å². The molecule has 0 unspecified atom stereocenters. The molecule has 3 rings (SSSR count). The average Bonchev–Trinajstić information content (AvgIpc) is 3.09. The molecule has 0 fully saturated rings. The third kappa shape index (κ3) is 4.92. The summed E-state index contributed by atoms with van der Waals surface area (Å²) in [5.74, 6) is 1.22. The van der Waals surface area contributed by atoms with Gasteiger partial charge in [0, 0.05) is 22.8 Å². The number of carbonyl (C=O) groups is 1. The summed E-state index contributed by atoms with van der Waals surface area (Å²) in [6.07, 6.45) is 0. The highest BCUT2D eigenvalue weighted by molar-refractivity contribution is 7.99. The Morgan fingerprint density at radius 2 is 1.88 bits per heavy atom. The quantitative estimate of drug-likeness (QED) is 0.513. The smallest absolute Gasteiger partial charge is 0.243 e. The van der Waals surface area contributed by atoms with Crippen molar-refractivity contribution in [3.63, 3.8) is 0 Å². The largest absolute Gasteiger partial charge is 0.354 e. The summed E-state index contributed by atoms with van der Waals surface area (Å²) in [7, 11) is 0. The van der Waals surface area contributed by atoms with E-state index in [0.29, 0.717) is 12.4 Å². The summed E-state index contributed by atoms with van der Waals surface area (Å²) < 4.78 is 0. The molecule has 0 aliphatic heterocycles. The molecule has 1 aromatic heterocycles. The van der Waals surface area contributed by atoms with Crippen molar-refractivity contribution in [1.29, 1.82) is 0 Å². The molecule has 1 N–H and O–H groups in total. The van der Waals surface area contributed by atoms with Crippen LogP contribution in [0.3, 0.4) is 0 Å². The van der Waals surface area contributed by atoms with E-state index in [1.165, 1.54) is 15.3 Å². The second kappa shape index (κ2) is 8.62. The Bertz CT molecular complexity index is 876. The molecule has 0 radical (unpaired) electrons. The van der Waals surface area contributed by atoms with Gasteiger partial charge in [0.25, 0.3) is 0 Å². The Kier molecular flexibility index (Phi) is 6.01. The van der Waals surface area contributed by atoms with Crippen LogP contribution >= 0.6 is 11.8 Å². The second-order valence-corrected chi connectivity index (χ2v) is 7.14. The van der Waals surface area contributed by atoms with Crippen LogP contribution in [0, 0.1) is 13.8 Å². The summed E-state index contributed by atoms with van der Waals surface area (Å²) in [6, 6.07) is 16.2. The fourth-order valence-corrected chi connectivity index (χ4v) is 3.19. The van der Waals surface area contributed by atoms with E-state index in [1.807, 2.05) is 31.2 Å². The van der Waals surface area contributed by atoms with Crippen LogP contribution in [0.5, 0.6) is 0 Å². The summed E-state index contributed by atoms with van der Waals surface area (Å²) in [5, 5.41) is 15.2. The zero-order valence-corrected chi connectivity index (χ0v) is 15.7. The van der Waals surface area contributed by atoms with Crippen LogP contribution in [0.15, 0.2) is 53.4 Å². The van der Waals surface area contributed by atoms with E-state index in [4.69, 9.17) is 0 Å². The van der Waals surface area contributed by atoms with E-state index in [2.05, 4.69) is 51.9 Å². The zero-order chi connectivity index (χ0) is 18.4. The fourth-order valence-electron chi connectivity index (χ4n) is 2.42. The maximum atomic E-state index is 12.0. The van der Waals surface area contributed by atoms with Gasteiger partial charge in [0.2, 0.25) is 11.7 Å². The number of carbonyl (C=O) groups excluding carboxylic acids is 1. The van der Waals surface area contributed by atoms with Crippen molar-refractivity contribution in [3.05, 3.63) is 59.7 Å². The number of amides is 1. The number of aromatic nitrogens is 4. The van der Waals surface area contributed by atoms with Crippen molar-refractivity contribution in [2.24, 2.45) is 0 Å². The molecule has 7 heteroatoms. The molecule has 1 amide bonds. The fraction of sp³-hybridized carbons (Fsp3) is 0.263. The van der Waals surface area contributed by atoms with Crippen LogP contribution in [-0.4, -0.2) is 38.4 Å². The molecule has 2 aromatic carbocycles. The Hall–Kier alpha value is -2.67. The molecule has 0 aliphatic carbocycles. The van der Waals surface area contributed by atoms with Crippen LogP contribution in [0.2, 0.25) is 0 Å². The van der Waals surface area contributed by atoms with E-state index in [1.54, 1.807) is 11.8 Å². The lowest BCUT2D eigenvalue weighted by atomic mass is 10.1. The third-order valence-corrected chi connectivity index (χ3v) is 4.85. The van der Waals surface area contributed by atoms with Crippen molar-refractivity contribution in [2.75, 3.05) is 12.3 Å². The SMILES string of the molecule is Cc1ccc(SCCNC(=O)Cn2nnc(-c3ccccc3C)n2)cc1. The van der Waals surface area contributed by atoms with Gasteiger partial charge in [-0.3, -0.25) is 4.79 Å². The van der Waals surface area contributed by atoms with E-state index < -0.39 is 0 Å². The molecule has 134 valence electrons. The predicted molar refractivity (Wildman–Crippen MR) is 103 cm³/mol. The minimum Gasteiger partial charge on any atom is -0.354 e. The summed E-state index contributed by atoms with van der Waals surface area (Å²) >= 11 is 1.72. The Labute approximate surface area is 157 Å². The molecule has 0 spiro atoms. The Balaban J connectivity index is 1.45. The maximum absolute atomic E-state index is 12.0. The molecular weight excluding hydrogens is 346 g/mol. The van der Waals surface area contributed by atoms with Gasteiger partial charge in [0.05, 0.1) is 0 Å². The van der Waals surface area contributed by atoms with Gasteiger partial charge in [-0.25, -0.2) is 0 Å². The molecule has 0 atom stereocenters. The first-order valence-electron chi connectivity index (χ1n) is 8.42. The molecule has 6 nitrogen and oxygen atoms in total. The number of hydrogen-bond acceptors (Lipinski definition) is 5. The minimum atomic E-state index is -0.122. The lowest BCUT2D eigenvalue weighted by Gasteiger charge is -2.05. The monoisotopic (exact) mass is 367 g/mol. The molecule has 0 saturated carbocycles. The van der Waals surface area contributed by atoms with Gasteiger partial charge in [-0.05, 0) is 36.8 Å². The second-order valence-electron chi connectivity index (χ2n) is 5.97. The number of hydrogen-bond donors (Lipinski definition) is 1. The highest BCUT2D eigenvalue weighted by atomic mass is 32.2. The van der Waals surface area contributed by atoms with Gasteiger partial charge in [0.15, 0.2) is 0 Å². The normalized spacial score (nSPS) is 10.7. The average molecular weight is 367 g/mol. The summed E-state index contributed by atoms with van der Waals surface area (Å²) in [6.45, 7) is 4.72. The zero-order valence-electron chi connectivity index (χ0n) is 14.8. The van der Waals surface area contributed by atoms with Crippen LogP contribution in [0.4, 0.5) is 0 Å². The molecule has 0 aliphatic rings. The number of nitrogens with one attached hydrogen (secondary N) is 1. The van der Waals surface area contributed by atoms with Crippen LogP contribution in [0.1, 0.15) is 11.1 Å². The number of rotatable bonds is 7. The molecule has 0 bridgehead atoms. The van der Waals surface area contributed by atoms with Gasteiger partial charge in [-0.15, -0.1) is 22.0 Å². The number of nitrogens with zero attached hydrogens (tertiary/aromatic N) is 4. The first kappa shape index (κ1) is 18.1. The summed E-state index contributed by atoms with van der Waals surface area (Å²) in [5.41, 5.74) is 3.24. The lowest BCUT2D eigenvalue weighted by molar-refractivity contribution is -0.121. The van der Waals surface area contributed by atoms with Gasteiger partial charge in [0.1, 0.15) is 6.54 Å². The Morgan fingerprint density at radius 1 is 1.12 bits per heavy atom. The van der Waals surface area contributed by atoms with Gasteiger partial charge in [-0.1, -0.05) is 42.0 Å². The molecular formula is C19H21N5OS. The van der Waals surface area contributed by atoms with Crippen LogP contribution in [0.25, 0.3) is 11.4 Å². The Morgan fingerprint density at radius 3 is 2.65 bits per heavy atom. The number of thioether (sulfide) groups is 1. The maximum Gasteiger partial charge on any atom is 0.243 e. The van der Waals surface area contributed by atoms with Crippen molar-refractivity contribution >= 4 is 17.7 Å². The first-order valence-corrected chi connectivity index (χ1v) is 9.40. The highest BCUT2D eigenvalue weighted by Gasteiger charge is 2.10. The lowest BCUT2D eigenvalue weighted by Crippen LogP contribution is -2.30. The first-order chi connectivity index (χ1) is 12.6. The molecule has 3 aromatic rings. The van der Waals surface area contributed by atoms with Crippen molar-refractivity contribution < 1.29 is 4.79 Å². The van der Waals surface area contributed by atoms with Crippen LogP contribution < -0.4 is 5.32 Å². The van der Waals surface area contributed by atoms with Gasteiger partial charge in [-0.2, -0.15) is 4.80 Å². The van der Waals surface area contributed by atoms with E-state index in [0.717, 1.165) is 16.9 Å². The van der Waals surface area contributed by atoms with Crippen molar-refractivity contribution in [3.8, 4) is 11.4 Å². The minimum absolute atomic E-state index is 0.0636. The molecule has 0 saturated heterocycles. The standard InChI is InChI=1S/C19H21N5OS/c1-14-7-9-16(10-8-14)26-12-11-20-18(25)13-24-22-19(21-23-24)17-6-4-3-5-15(17)2/h3-10H,11-13H2,1-2H3,(H,20,25).